The average molecular weight is 476 g/mol. The van der Waals surface area contributed by atoms with Crippen LogP contribution in [0.2, 0.25) is 0 Å². The van der Waals surface area contributed by atoms with Gasteiger partial charge >= 0.3 is 0 Å². The highest BCUT2D eigenvalue weighted by Gasteiger charge is 2.30. The number of piperazine rings is 1. The van der Waals surface area contributed by atoms with E-state index in [2.05, 4.69) is 97.8 Å². The fourth-order valence-electron chi connectivity index (χ4n) is 5.98. The van der Waals surface area contributed by atoms with E-state index >= 15 is 0 Å². The van der Waals surface area contributed by atoms with Gasteiger partial charge in [-0.15, -0.1) is 0 Å². The molecule has 0 N–H and O–H groups in total. The van der Waals surface area contributed by atoms with Gasteiger partial charge in [-0.05, 0) is 75.6 Å². The van der Waals surface area contributed by atoms with Gasteiger partial charge in [-0.25, -0.2) is 0 Å². The Labute approximate surface area is 213 Å². The standard InChI is InChI=1S/C31H45N3O/c1-24-10-6-8-12-27(24)29(28-13-9-7-11-25(28)2)22-30(35)33-16-14-26(15-17-33)23-32-18-20-34(21-19-32)31(3,4)5/h6-13,26,29H,14-23H2,1-5H3. The monoisotopic (exact) mass is 475 g/mol. The molecule has 2 aliphatic heterocycles. The summed E-state index contributed by atoms with van der Waals surface area (Å²) < 4.78 is 0. The van der Waals surface area contributed by atoms with Crippen molar-refractivity contribution in [2.75, 3.05) is 45.8 Å². The molecule has 4 rings (SSSR count). The molecule has 2 saturated heterocycles. The lowest BCUT2D eigenvalue weighted by Gasteiger charge is -2.43. The Balaban J connectivity index is 1.34. The third-order valence-corrected chi connectivity index (χ3v) is 8.31. The molecule has 2 aromatic rings. The fraction of sp³-hybridized carbons (Fsp3) is 0.581. The van der Waals surface area contributed by atoms with Crippen LogP contribution in [0.5, 0.6) is 0 Å². The van der Waals surface area contributed by atoms with E-state index in [1.165, 1.54) is 55.0 Å². The normalized spacial score (nSPS) is 18.9. The highest BCUT2D eigenvalue weighted by Crippen LogP contribution is 2.33. The molecule has 0 atom stereocenters. The summed E-state index contributed by atoms with van der Waals surface area (Å²) in [7, 11) is 0. The van der Waals surface area contributed by atoms with Gasteiger partial charge in [0.05, 0.1) is 0 Å². The summed E-state index contributed by atoms with van der Waals surface area (Å²) in [5.41, 5.74) is 5.35. The molecule has 1 amide bonds. The maximum atomic E-state index is 13.5. The zero-order valence-corrected chi connectivity index (χ0v) is 22.6. The molecule has 0 aromatic heterocycles. The number of hydrogen-bond acceptors (Lipinski definition) is 3. The van der Waals surface area contributed by atoms with Crippen molar-refractivity contribution in [3.63, 3.8) is 0 Å². The van der Waals surface area contributed by atoms with Crippen molar-refractivity contribution in [3.8, 4) is 0 Å². The number of hydrogen-bond donors (Lipinski definition) is 0. The van der Waals surface area contributed by atoms with Crippen molar-refractivity contribution < 1.29 is 4.79 Å². The number of benzene rings is 2. The van der Waals surface area contributed by atoms with Crippen LogP contribution in [0.15, 0.2) is 48.5 Å². The molecule has 0 bridgehead atoms. The van der Waals surface area contributed by atoms with Crippen LogP contribution in [0, 0.1) is 19.8 Å². The minimum Gasteiger partial charge on any atom is -0.343 e. The van der Waals surface area contributed by atoms with E-state index in [0.717, 1.165) is 25.9 Å². The fourth-order valence-corrected chi connectivity index (χ4v) is 5.98. The van der Waals surface area contributed by atoms with Crippen molar-refractivity contribution in [2.24, 2.45) is 5.92 Å². The van der Waals surface area contributed by atoms with Crippen molar-refractivity contribution in [3.05, 3.63) is 70.8 Å². The summed E-state index contributed by atoms with van der Waals surface area (Å²) >= 11 is 0. The molecule has 0 aliphatic carbocycles. The van der Waals surface area contributed by atoms with Crippen molar-refractivity contribution in [1.29, 1.82) is 0 Å². The van der Waals surface area contributed by atoms with Gasteiger partial charge in [0, 0.05) is 63.7 Å². The second-order valence-electron chi connectivity index (χ2n) is 11.8. The van der Waals surface area contributed by atoms with Crippen LogP contribution in [-0.4, -0.2) is 72.0 Å². The van der Waals surface area contributed by atoms with E-state index in [4.69, 9.17) is 0 Å². The van der Waals surface area contributed by atoms with Gasteiger partial charge in [0.1, 0.15) is 0 Å². The van der Waals surface area contributed by atoms with Crippen molar-refractivity contribution >= 4 is 5.91 Å². The first-order chi connectivity index (χ1) is 16.7. The third-order valence-electron chi connectivity index (χ3n) is 8.31. The van der Waals surface area contributed by atoms with Gasteiger partial charge in [0.2, 0.25) is 5.91 Å². The van der Waals surface area contributed by atoms with Crippen LogP contribution in [0.4, 0.5) is 0 Å². The quantitative estimate of drug-likeness (QED) is 0.553. The van der Waals surface area contributed by atoms with Crippen LogP contribution in [-0.2, 0) is 4.79 Å². The van der Waals surface area contributed by atoms with E-state index in [0.29, 0.717) is 18.2 Å². The molecular weight excluding hydrogens is 430 g/mol. The summed E-state index contributed by atoms with van der Waals surface area (Å²) in [5, 5.41) is 0. The van der Waals surface area contributed by atoms with E-state index in [-0.39, 0.29) is 11.5 Å². The van der Waals surface area contributed by atoms with Gasteiger partial charge in [-0.2, -0.15) is 0 Å². The first kappa shape index (κ1) is 25.9. The lowest BCUT2D eigenvalue weighted by molar-refractivity contribution is -0.132. The Morgan fingerprint density at radius 1 is 0.829 bits per heavy atom. The molecule has 2 aromatic carbocycles. The lowest BCUT2D eigenvalue weighted by atomic mass is 9.83. The second kappa shape index (κ2) is 11.3. The Bertz CT molecular complexity index is 933. The van der Waals surface area contributed by atoms with Crippen LogP contribution < -0.4 is 0 Å². The van der Waals surface area contributed by atoms with E-state index in [1.807, 2.05) is 0 Å². The molecule has 2 fully saturated rings. The topological polar surface area (TPSA) is 26.8 Å². The number of rotatable bonds is 6. The molecule has 2 heterocycles. The molecule has 35 heavy (non-hydrogen) atoms. The predicted octanol–water partition coefficient (Wildman–Crippen LogP) is 5.48. The molecule has 0 spiro atoms. The zero-order chi connectivity index (χ0) is 25.0. The number of amides is 1. The molecule has 0 radical (unpaired) electrons. The number of piperidine rings is 1. The van der Waals surface area contributed by atoms with E-state index in [1.54, 1.807) is 0 Å². The van der Waals surface area contributed by atoms with Crippen molar-refractivity contribution in [2.45, 2.75) is 65.3 Å². The molecule has 4 heteroatoms. The average Bonchev–Trinajstić information content (AvgIpc) is 2.84. The van der Waals surface area contributed by atoms with Crippen LogP contribution >= 0.6 is 0 Å². The largest absolute Gasteiger partial charge is 0.343 e. The smallest absolute Gasteiger partial charge is 0.223 e. The Morgan fingerprint density at radius 2 is 1.34 bits per heavy atom. The van der Waals surface area contributed by atoms with Gasteiger partial charge in [0.25, 0.3) is 0 Å². The maximum Gasteiger partial charge on any atom is 0.223 e. The SMILES string of the molecule is Cc1ccccc1C(CC(=O)N1CCC(CN2CCN(C(C)(C)C)CC2)CC1)c1ccccc1C. The molecule has 0 unspecified atom stereocenters. The lowest BCUT2D eigenvalue weighted by Crippen LogP contribution is -2.54. The molecule has 0 saturated carbocycles. The summed E-state index contributed by atoms with van der Waals surface area (Å²) in [5.74, 6) is 1.13. The van der Waals surface area contributed by atoms with Gasteiger partial charge < -0.3 is 9.80 Å². The number of carbonyl (C=O) groups excluding carboxylic acids is 1. The minimum atomic E-state index is 0.113. The molecule has 4 nitrogen and oxygen atoms in total. The van der Waals surface area contributed by atoms with Gasteiger partial charge in [0.15, 0.2) is 0 Å². The zero-order valence-electron chi connectivity index (χ0n) is 22.6. The highest BCUT2D eigenvalue weighted by atomic mass is 16.2. The van der Waals surface area contributed by atoms with E-state index < -0.39 is 0 Å². The number of likely N-dealkylation sites (tertiary alicyclic amines) is 1. The summed E-state index contributed by atoms with van der Waals surface area (Å²) in [6, 6.07) is 17.1. The number of nitrogens with zero attached hydrogens (tertiary/aromatic N) is 3. The van der Waals surface area contributed by atoms with Crippen LogP contribution in [0.3, 0.4) is 0 Å². The number of aryl methyl sites for hydroxylation is 2. The summed E-state index contributed by atoms with van der Waals surface area (Å²) in [4.78, 5) is 20.9. The highest BCUT2D eigenvalue weighted by molar-refractivity contribution is 5.78. The molecule has 2 aliphatic rings. The van der Waals surface area contributed by atoms with Crippen molar-refractivity contribution in [1.82, 2.24) is 14.7 Å². The predicted molar refractivity (Wildman–Crippen MR) is 146 cm³/mol. The summed E-state index contributed by atoms with van der Waals surface area (Å²) in [6.07, 6.45) is 2.81. The Kier molecular flexibility index (Phi) is 8.34. The van der Waals surface area contributed by atoms with E-state index in [9.17, 15) is 4.79 Å². The molecule has 190 valence electrons. The number of carbonyl (C=O) groups is 1. The first-order valence-corrected chi connectivity index (χ1v) is 13.6. The van der Waals surface area contributed by atoms with Crippen LogP contribution in [0.25, 0.3) is 0 Å². The maximum absolute atomic E-state index is 13.5. The Hall–Kier alpha value is -2.17. The Morgan fingerprint density at radius 3 is 1.83 bits per heavy atom. The minimum absolute atomic E-state index is 0.113. The first-order valence-electron chi connectivity index (χ1n) is 13.6. The van der Waals surface area contributed by atoms with Gasteiger partial charge in [-0.1, -0.05) is 48.5 Å². The summed E-state index contributed by atoms with van der Waals surface area (Å²) in [6.45, 7) is 19.0. The molecular formula is C31H45N3O. The van der Waals surface area contributed by atoms with Crippen LogP contribution in [0.1, 0.15) is 68.2 Å². The van der Waals surface area contributed by atoms with Gasteiger partial charge in [-0.3, -0.25) is 9.69 Å². The third kappa shape index (κ3) is 6.54. The second-order valence-corrected chi connectivity index (χ2v) is 11.8.